The van der Waals surface area contributed by atoms with Crippen LogP contribution in [0, 0.1) is 12.8 Å². The number of anilines is 1. The molecule has 0 bridgehead atoms. The van der Waals surface area contributed by atoms with Gasteiger partial charge in [0, 0.05) is 25.8 Å². The second kappa shape index (κ2) is 5.92. The van der Waals surface area contributed by atoms with Gasteiger partial charge in [-0.05, 0) is 44.2 Å². The number of hydrogen-bond donors (Lipinski definition) is 0. The average Bonchev–Trinajstić information content (AvgIpc) is 3.33. The molecule has 23 heavy (non-hydrogen) atoms. The highest BCUT2D eigenvalue weighted by atomic mass is 16.5. The maximum absolute atomic E-state index is 5.84. The fourth-order valence-electron chi connectivity index (χ4n) is 3.14. The number of aromatic nitrogens is 4. The third-order valence-electron chi connectivity index (χ3n) is 4.73. The van der Waals surface area contributed by atoms with E-state index in [1.54, 1.807) is 0 Å². The van der Waals surface area contributed by atoms with Crippen molar-refractivity contribution in [3.63, 3.8) is 0 Å². The first kappa shape index (κ1) is 14.6. The third kappa shape index (κ3) is 3.08. The third-order valence-corrected chi connectivity index (χ3v) is 4.73. The van der Waals surface area contributed by atoms with Crippen LogP contribution in [0.2, 0.25) is 0 Å². The van der Waals surface area contributed by atoms with Gasteiger partial charge in [-0.15, -0.1) is 5.10 Å². The molecule has 0 N–H and O–H groups in total. The van der Waals surface area contributed by atoms with E-state index in [0.29, 0.717) is 6.61 Å². The Balaban J connectivity index is 1.48. The molecule has 1 aliphatic carbocycles. The number of fused-ring (bicyclic) bond motifs is 1. The zero-order valence-corrected chi connectivity index (χ0v) is 13.8. The van der Waals surface area contributed by atoms with E-state index < -0.39 is 0 Å². The van der Waals surface area contributed by atoms with E-state index in [-0.39, 0.29) is 0 Å². The number of nitrogens with zero attached hydrogens (tertiary/aromatic N) is 5. The van der Waals surface area contributed by atoms with E-state index in [4.69, 9.17) is 4.74 Å². The Bertz CT molecular complexity index is 690. The SMILES string of the molecule is Cc1ccc(N2CCc3c(COCC4CC4)nn(C)c3C2)nn1. The van der Waals surface area contributed by atoms with Crippen LogP contribution in [0.1, 0.15) is 35.5 Å². The fourth-order valence-corrected chi connectivity index (χ4v) is 3.14. The van der Waals surface area contributed by atoms with Gasteiger partial charge in [-0.25, -0.2) is 0 Å². The zero-order chi connectivity index (χ0) is 15.8. The van der Waals surface area contributed by atoms with Crippen molar-refractivity contribution in [2.75, 3.05) is 18.1 Å². The van der Waals surface area contributed by atoms with Gasteiger partial charge in [0.15, 0.2) is 5.82 Å². The van der Waals surface area contributed by atoms with Crippen LogP contribution >= 0.6 is 0 Å². The van der Waals surface area contributed by atoms with Crippen molar-refractivity contribution in [1.82, 2.24) is 20.0 Å². The lowest BCUT2D eigenvalue weighted by Gasteiger charge is -2.28. The Kier molecular flexibility index (Phi) is 3.77. The number of hydrogen-bond acceptors (Lipinski definition) is 5. The molecule has 2 aromatic rings. The highest BCUT2D eigenvalue weighted by Crippen LogP contribution is 2.30. The lowest BCUT2D eigenvalue weighted by atomic mass is 10.0. The van der Waals surface area contributed by atoms with Gasteiger partial charge in [0.1, 0.15) is 0 Å². The topological polar surface area (TPSA) is 56.1 Å². The molecule has 0 spiro atoms. The van der Waals surface area contributed by atoms with Crippen molar-refractivity contribution in [3.05, 3.63) is 34.8 Å². The molecule has 0 radical (unpaired) electrons. The summed E-state index contributed by atoms with van der Waals surface area (Å²) in [5, 5.41) is 13.2. The van der Waals surface area contributed by atoms with Crippen LogP contribution in [0.4, 0.5) is 5.82 Å². The van der Waals surface area contributed by atoms with Gasteiger partial charge in [-0.1, -0.05) is 0 Å². The maximum Gasteiger partial charge on any atom is 0.151 e. The van der Waals surface area contributed by atoms with Gasteiger partial charge in [0.2, 0.25) is 0 Å². The van der Waals surface area contributed by atoms with Crippen molar-refractivity contribution < 1.29 is 4.74 Å². The zero-order valence-electron chi connectivity index (χ0n) is 13.8. The molecule has 0 unspecified atom stereocenters. The van der Waals surface area contributed by atoms with Gasteiger partial charge in [0.05, 0.1) is 30.2 Å². The van der Waals surface area contributed by atoms with Gasteiger partial charge >= 0.3 is 0 Å². The monoisotopic (exact) mass is 313 g/mol. The Morgan fingerprint density at radius 3 is 2.87 bits per heavy atom. The van der Waals surface area contributed by atoms with E-state index >= 15 is 0 Å². The molecular weight excluding hydrogens is 290 g/mol. The van der Waals surface area contributed by atoms with Crippen LogP contribution in [-0.2, 0) is 31.4 Å². The molecule has 1 fully saturated rings. The van der Waals surface area contributed by atoms with E-state index in [2.05, 4.69) is 20.2 Å². The molecule has 3 heterocycles. The summed E-state index contributed by atoms with van der Waals surface area (Å²) in [5.41, 5.74) is 4.68. The van der Waals surface area contributed by atoms with E-state index in [0.717, 1.165) is 49.2 Å². The predicted molar refractivity (Wildman–Crippen MR) is 87.1 cm³/mol. The molecule has 122 valence electrons. The Morgan fingerprint density at radius 2 is 2.13 bits per heavy atom. The van der Waals surface area contributed by atoms with Crippen LogP contribution in [0.3, 0.4) is 0 Å². The minimum absolute atomic E-state index is 0.643. The highest BCUT2D eigenvalue weighted by Gasteiger charge is 2.26. The average molecular weight is 313 g/mol. The number of rotatable bonds is 5. The molecule has 4 rings (SSSR count). The summed E-state index contributed by atoms with van der Waals surface area (Å²) in [6.45, 7) is 5.27. The van der Waals surface area contributed by atoms with Crippen molar-refractivity contribution >= 4 is 5.82 Å². The Labute approximate surface area is 136 Å². The minimum Gasteiger partial charge on any atom is -0.375 e. The smallest absolute Gasteiger partial charge is 0.151 e. The summed E-state index contributed by atoms with van der Waals surface area (Å²) in [4.78, 5) is 2.27. The molecule has 0 saturated heterocycles. The molecule has 0 amide bonds. The first-order chi connectivity index (χ1) is 11.2. The van der Waals surface area contributed by atoms with Crippen LogP contribution in [-0.4, -0.2) is 33.1 Å². The first-order valence-electron chi connectivity index (χ1n) is 8.37. The predicted octanol–water partition coefficient (Wildman–Crippen LogP) is 2.01. The maximum atomic E-state index is 5.84. The van der Waals surface area contributed by atoms with Gasteiger partial charge in [-0.2, -0.15) is 10.2 Å². The van der Waals surface area contributed by atoms with Gasteiger partial charge < -0.3 is 9.64 Å². The Hall–Kier alpha value is -1.95. The normalized spacial score (nSPS) is 17.4. The van der Waals surface area contributed by atoms with Crippen molar-refractivity contribution in [3.8, 4) is 0 Å². The largest absolute Gasteiger partial charge is 0.375 e. The number of ether oxygens (including phenoxy) is 1. The van der Waals surface area contributed by atoms with Crippen LogP contribution in [0.5, 0.6) is 0 Å². The molecule has 1 saturated carbocycles. The minimum atomic E-state index is 0.643. The molecular formula is C17H23N5O. The summed E-state index contributed by atoms with van der Waals surface area (Å²) in [6, 6.07) is 4.06. The summed E-state index contributed by atoms with van der Waals surface area (Å²) >= 11 is 0. The highest BCUT2D eigenvalue weighted by molar-refractivity contribution is 5.43. The summed E-state index contributed by atoms with van der Waals surface area (Å²) in [5.74, 6) is 1.74. The molecule has 0 atom stereocenters. The van der Waals surface area contributed by atoms with E-state index in [1.807, 2.05) is 30.8 Å². The molecule has 1 aliphatic heterocycles. The lowest BCUT2D eigenvalue weighted by molar-refractivity contribution is 0.108. The Morgan fingerprint density at radius 1 is 1.26 bits per heavy atom. The molecule has 2 aliphatic rings. The van der Waals surface area contributed by atoms with Crippen LogP contribution in [0.25, 0.3) is 0 Å². The summed E-state index contributed by atoms with van der Waals surface area (Å²) < 4.78 is 7.83. The second-order valence-electron chi connectivity index (χ2n) is 6.66. The molecule has 2 aromatic heterocycles. The van der Waals surface area contributed by atoms with Gasteiger partial charge in [-0.3, -0.25) is 4.68 Å². The molecule has 6 heteroatoms. The lowest BCUT2D eigenvalue weighted by Crippen LogP contribution is -2.32. The van der Waals surface area contributed by atoms with Gasteiger partial charge in [0.25, 0.3) is 0 Å². The fraction of sp³-hybridized carbons (Fsp3) is 0.588. The summed E-state index contributed by atoms with van der Waals surface area (Å²) in [6.07, 6.45) is 3.64. The molecule has 0 aromatic carbocycles. The summed E-state index contributed by atoms with van der Waals surface area (Å²) in [7, 11) is 2.02. The van der Waals surface area contributed by atoms with E-state index in [9.17, 15) is 0 Å². The number of aryl methyl sites for hydroxylation is 2. The van der Waals surface area contributed by atoms with Crippen molar-refractivity contribution in [2.24, 2.45) is 13.0 Å². The van der Waals surface area contributed by atoms with Crippen molar-refractivity contribution in [1.29, 1.82) is 0 Å². The van der Waals surface area contributed by atoms with E-state index in [1.165, 1.54) is 24.1 Å². The van der Waals surface area contributed by atoms with Crippen LogP contribution in [0.15, 0.2) is 12.1 Å². The standard InChI is InChI=1S/C17H23N5O/c1-12-3-6-17(19-18-12)22-8-7-14-15(11-23-10-13-4-5-13)20-21(2)16(14)9-22/h3,6,13H,4-5,7-11H2,1-2H3. The first-order valence-corrected chi connectivity index (χ1v) is 8.37. The molecule has 6 nitrogen and oxygen atoms in total. The van der Waals surface area contributed by atoms with Crippen LogP contribution < -0.4 is 4.90 Å². The quantitative estimate of drug-likeness (QED) is 0.845. The van der Waals surface area contributed by atoms with Crippen molar-refractivity contribution in [2.45, 2.75) is 39.3 Å². The second-order valence-corrected chi connectivity index (χ2v) is 6.66.